The summed E-state index contributed by atoms with van der Waals surface area (Å²) in [5, 5.41) is 17.7. The van der Waals surface area contributed by atoms with Gasteiger partial charge in [-0.2, -0.15) is 0 Å². The lowest BCUT2D eigenvalue weighted by molar-refractivity contribution is -0.131. The van der Waals surface area contributed by atoms with Crippen molar-refractivity contribution in [1.82, 2.24) is 9.88 Å². The summed E-state index contributed by atoms with van der Waals surface area (Å²) in [4.78, 5) is 17.2. The largest absolute Gasteiger partial charge is 0.477 e. The Kier molecular flexibility index (Phi) is 5.54. The van der Waals surface area contributed by atoms with E-state index in [-0.39, 0.29) is 21.3 Å². The van der Waals surface area contributed by atoms with Crippen LogP contribution in [-0.4, -0.2) is 39.2 Å². The molecule has 118 valence electrons. The van der Waals surface area contributed by atoms with Gasteiger partial charge in [-0.3, -0.25) is 10.4 Å². The number of thioether (sulfide) groups is 1. The molecule has 2 N–H and O–H groups in total. The van der Waals surface area contributed by atoms with Crippen LogP contribution in [0.15, 0.2) is 23.2 Å². The van der Waals surface area contributed by atoms with Crippen LogP contribution in [0.5, 0.6) is 0 Å². The summed E-state index contributed by atoms with van der Waals surface area (Å²) in [6.45, 7) is 3.04. The zero-order valence-corrected chi connectivity index (χ0v) is 13.1. The number of nitrogens with zero attached hydrogens (tertiary/aromatic N) is 2. The molecule has 1 aromatic rings. The monoisotopic (exact) mass is 323 g/mol. The minimum absolute atomic E-state index is 0.0128. The number of nitrogens with one attached hydrogen (secondary N) is 1. The summed E-state index contributed by atoms with van der Waals surface area (Å²) >= 11 is 0.854. The second-order valence-electron chi connectivity index (χ2n) is 5.05. The van der Waals surface area contributed by atoms with E-state index in [9.17, 15) is 14.3 Å². The second-order valence-corrected chi connectivity index (χ2v) is 6.05. The molecule has 0 saturated carbocycles. The first kappa shape index (κ1) is 16.5. The van der Waals surface area contributed by atoms with Crippen LogP contribution < -0.4 is 0 Å². The Labute approximate surface area is 132 Å². The van der Waals surface area contributed by atoms with E-state index in [0.29, 0.717) is 0 Å². The standard InChI is InChI=1S/C15H18FN3O2S/c1-10(12-11(16)6-5-7-18-12)13(14(20)21)22-15(17)19-8-3-2-4-9-19/h5-7,17H,2-4,8-9H2,1H3,(H,20,21)/b13-10+,17-15?. The highest BCUT2D eigenvalue weighted by molar-refractivity contribution is 8.17. The average molecular weight is 323 g/mol. The van der Waals surface area contributed by atoms with Gasteiger partial charge >= 0.3 is 5.97 Å². The third-order valence-electron chi connectivity index (χ3n) is 3.49. The van der Waals surface area contributed by atoms with Crippen LogP contribution in [-0.2, 0) is 4.79 Å². The summed E-state index contributed by atoms with van der Waals surface area (Å²) in [6, 6.07) is 2.70. The maximum atomic E-state index is 13.8. The van der Waals surface area contributed by atoms with Gasteiger partial charge in [0.2, 0.25) is 0 Å². The maximum absolute atomic E-state index is 13.8. The SMILES string of the molecule is C/C(=C(\SC(=N)N1CCCCC1)C(=O)O)c1ncccc1F. The molecule has 1 fully saturated rings. The summed E-state index contributed by atoms with van der Waals surface area (Å²) < 4.78 is 13.8. The van der Waals surface area contributed by atoms with E-state index in [0.717, 1.165) is 44.1 Å². The number of likely N-dealkylation sites (tertiary alicyclic amines) is 1. The Morgan fingerprint density at radius 1 is 1.41 bits per heavy atom. The molecule has 0 bridgehead atoms. The summed E-state index contributed by atoms with van der Waals surface area (Å²) in [6.07, 6.45) is 4.56. The number of halogens is 1. The molecule has 2 heterocycles. The molecule has 0 amide bonds. The van der Waals surface area contributed by atoms with E-state index in [1.807, 2.05) is 4.90 Å². The molecule has 0 radical (unpaired) electrons. The van der Waals surface area contributed by atoms with Crippen LogP contribution in [0.25, 0.3) is 5.57 Å². The van der Waals surface area contributed by atoms with Crippen molar-refractivity contribution >= 4 is 28.5 Å². The van der Waals surface area contributed by atoms with Crippen molar-refractivity contribution in [2.45, 2.75) is 26.2 Å². The van der Waals surface area contributed by atoms with Gasteiger partial charge in [0.25, 0.3) is 0 Å². The Morgan fingerprint density at radius 3 is 2.68 bits per heavy atom. The number of pyridine rings is 1. The highest BCUT2D eigenvalue weighted by Crippen LogP contribution is 2.29. The molecule has 0 unspecified atom stereocenters. The molecule has 0 aromatic carbocycles. The Balaban J connectivity index is 2.26. The fourth-order valence-electron chi connectivity index (χ4n) is 2.31. The number of carboxylic acids is 1. The van der Waals surface area contributed by atoms with Crippen molar-refractivity contribution in [2.24, 2.45) is 0 Å². The number of allylic oxidation sites excluding steroid dienone is 1. The summed E-state index contributed by atoms with van der Waals surface area (Å²) in [5.41, 5.74) is 0.246. The molecule has 22 heavy (non-hydrogen) atoms. The molecule has 1 aromatic heterocycles. The third-order valence-corrected chi connectivity index (χ3v) is 4.63. The van der Waals surface area contributed by atoms with Gasteiger partial charge in [-0.05, 0) is 55.7 Å². The fraction of sp³-hybridized carbons (Fsp3) is 0.400. The maximum Gasteiger partial charge on any atom is 0.342 e. The number of amidine groups is 1. The molecule has 5 nitrogen and oxygen atoms in total. The van der Waals surface area contributed by atoms with E-state index < -0.39 is 11.8 Å². The molecule has 0 atom stereocenters. The molecule has 1 aliphatic heterocycles. The number of hydrogen-bond acceptors (Lipinski definition) is 4. The Morgan fingerprint density at radius 2 is 2.09 bits per heavy atom. The van der Waals surface area contributed by atoms with E-state index in [1.165, 1.54) is 25.3 Å². The lowest BCUT2D eigenvalue weighted by Gasteiger charge is -2.28. The van der Waals surface area contributed by atoms with Crippen molar-refractivity contribution in [3.8, 4) is 0 Å². The highest BCUT2D eigenvalue weighted by atomic mass is 32.2. The normalized spacial score (nSPS) is 16.2. The lowest BCUT2D eigenvalue weighted by atomic mass is 10.1. The van der Waals surface area contributed by atoms with Gasteiger partial charge in [-0.25, -0.2) is 9.18 Å². The van der Waals surface area contributed by atoms with Crippen molar-refractivity contribution in [2.75, 3.05) is 13.1 Å². The Bertz CT molecular complexity index is 613. The first-order valence-corrected chi connectivity index (χ1v) is 7.88. The van der Waals surface area contributed by atoms with Crippen LogP contribution in [0.3, 0.4) is 0 Å². The van der Waals surface area contributed by atoms with E-state index in [2.05, 4.69) is 4.98 Å². The summed E-state index contributed by atoms with van der Waals surface area (Å²) in [7, 11) is 0. The van der Waals surface area contributed by atoms with E-state index in [1.54, 1.807) is 0 Å². The zero-order chi connectivity index (χ0) is 16.1. The Hall–Kier alpha value is -1.89. The van der Waals surface area contributed by atoms with Gasteiger partial charge < -0.3 is 10.0 Å². The summed E-state index contributed by atoms with van der Waals surface area (Å²) in [5.74, 6) is -1.74. The second kappa shape index (κ2) is 7.40. The number of hydrogen-bond donors (Lipinski definition) is 2. The van der Waals surface area contributed by atoms with Crippen LogP contribution in [0.2, 0.25) is 0 Å². The zero-order valence-electron chi connectivity index (χ0n) is 12.3. The van der Waals surface area contributed by atoms with Crippen molar-refractivity contribution < 1.29 is 14.3 Å². The lowest BCUT2D eigenvalue weighted by Crippen LogP contribution is -2.33. The van der Waals surface area contributed by atoms with Crippen LogP contribution in [0, 0.1) is 11.2 Å². The molecular formula is C15H18FN3O2S. The smallest absolute Gasteiger partial charge is 0.342 e. The third kappa shape index (κ3) is 3.85. The number of rotatable bonds is 3. The van der Waals surface area contributed by atoms with Gasteiger partial charge in [-0.15, -0.1) is 0 Å². The van der Waals surface area contributed by atoms with Gasteiger partial charge in [0, 0.05) is 19.3 Å². The first-order valence-electron chi connectivity index (χ1n) is 7.07. The number of piperidine rings is 1. The minimum Gasteiger partial charge on any atom is -0.477 e. The average Bonchev–Trinajstić information content (AvgIpc) is 2.52. The molecule has 1 aliphatic rings. The van der Waals surface area contributed by atoms with Gasteiger partial charge in [-0.1, -0.05) is 0 Å². The van der Waals surface area contributed by atoms with Crippen LogP contribution in [0.4, 0.5) is 4.39 Å². The minimum atomic E-state index is -1.17. The molecule has 0 spiro atoms. The van der Waals surface area contributed by atoms with E-state index >= 15 is 0 Å². The molecule has 0 aliphatic carbocycles. The number of carbonyl (C=O) groups is 1. The van der Waals surface area contributed by atoms with E-state index in [4.69, 9.17) is 5.41 Å². The van der Waals surface area contributed by atoms with Crippen molar-refractivity contribution in [3.05, 3.63) is 34.7 Å². The topological polar surface area (TPSA) is 77.3 Å². The number of aliphatic carboxylic acids is 1. The molecular weight excluding hydrogens is 305 g/mol. The molecule has 1 saturated heterocycles. The van der Waals surface area contributed by atoms with Crippen molar-refractivity contribution in [1.29, 1.82) is 5.41 Å². The van der Waals surface area contributed by atoms with Crippen molar-refractivity contribution in [3.63, 3.8) is 0 Å². The predicted octanol–water partition coefficient (Wildman–Crippen LogP) is 3.19. The fourth-order valence-corrected chi connectivity index (χ4v) is 3.15. The number of carboxylic acid groups (broad SMARTS) is 1. The highest BCUT2D eigenvalue weighted by Gasteiger charge is 2.22. The van der Waals surface area contributed by atoms with Gasteiger partial charge in [0.1, 0.15) is 16.4 Å². The molecule has 7 heteroatoms. The van der Waals surface area contributed by atoms with Gasteiger partial charge in [0.05, 0.1) is 0 Å². The first-order chi connectivity index (χ1) is 10.5. The van der Waals surface area contributed by atoms with Crippen LogP contribution >= 0.6 is 11.8 Å². The molecule has 2 rings (SSSR count). The number of aromatic nitrogens is 1. The van der Waals surface area contributed by atoms with Gasteiger partial charge in [0.15, 0.2) is 5.17 Å². The quantitative estimate of drug-likeness (QED) is 0.507. The predicted molar refractivity (Wildman–Crippen MR) is 85.2 cm³/mol. The van der Waals surface area contributed by atoms with Crippen LogP contribution in [0.1, 0.15) is 31.9 Å².